The van der Waals surface area contributed by atoms with Crippen molar-refractivity contribution in [2.24, 2.45) is 5.73 Å². The summed E-state index contributed by atoms with van der Waals surface area (Å²) in [4.78, 5) is 109. The highest BCUT2D eigenvalue weighted by Gasteiger charge is 2.28. The lowest BCUT2D eigenvalue weighted by Gasteiger charge is -2.24. The molecule has 0 aliphatic carbocycles. The van der Waals surface area contributed by atoms with Gasteiger partial charge in [-0.1, -0.05) is 194 Å². The fourth-order valence-corrected chi connectivity index (χ4v) is 9.97. The van der Waals surface area contributed by atoms with Crippen LogP contribution in [0.3, 0.4) is 0 Å². The lowest BCUT2D eigenvalue weighted by Crippen LogP contribution is -2.49. The number of primary amides is 1. The number of amides is 8. The molecule has 0 saturated carbocycles. The molecule has 0 fully saturated rings. The molecule has 0 heterocycles. The fourth-order valence-electron chi connectivity index (χ4n) is 9.97. The third-order valence-electron chi connectivity index (χ3n) is 15.2. The predicted octanol–water partition coefficient (Wildman–Crippen LogP) is 9.73. The van der Waals surface area contributed by atoms with Crippen molar-refractivity contribution in [1.29, 1.82) is 5.41 Å². The van der Waals surface area contributed by atoms with E-state index in [0.29, 0.717) is 85.8 Å². The summed E-state index contributed by atoms with van der Waals surface area (Å²) in [6, 6.07) is 58.1. The van der Waals surface area contributed by atoms with E-state index in [0.717, 1.165) is 34.4 Å². The van der Waals surface area contributed by atoms with Gasteiger partial charge in [0.25, 0.3) is 0 Å². The Bertz CT molecular complexity index is 3620. The van der Waals surface area contributed by atoms with Gasteiger partial charge < -0.3 is 65.6 Å². The molecule has 0 unspecified atom stereocenters. The van der Waals surface area contributed by atoms with Crippen LogP contribution in [0.4, 0.5) is 19.2 Å². The first kappa shape index (κ1) is 75.1. The second-order valence-corrected chi connectivity index (χ2v) is 23.0. The van der Waals surface area contributed by atoms with E-state index in [-0.39, 0.29) is 71.9 Å². The molecule has 0 aliphatic rings. The molecule has 9 N–H and O–H groups in total. The highest BCUT2D eigenvalue weighted by Crippen LogP contribution is 2.28. The number of carbonyl (C=O) groups is 8. The SMILES string of the molecule is N=C(NC(=O)OCc1ccccc1)N(CCC[C@H](NC(=O)OCc1ccccc1)C(=O)NCCCN(CCCNCCCCCNC(=O)[C@H](CC(N)=O)NC(=O)Cc1ccc(OCc2ccccc2)cc1OCc1ccccc1)C(=O)OCc1ccccc1)C(=O)OCc1ccccc1. The molecule has 7 aromatic carbocycles. The molecule has 8 amide bonds. The van der Waals surface area contributed by atoms with Gasteiger partial charge in [-0.25, -0.2) is 24.1 Å². The zero-order chi connectivity index (χ0) is 70.1. The minimum Gasteiger partial charge on any atom is -0.489 e. The van der Waals surface area contributed by atoms with Crippen molar-refractivity contribution in [3.63, 3.8) is 0 Å². The summed E-state index contributed by atoms with van der Waals surface area (Å²) in [5.74, 6) is -2.04. The van der Waals surface area contributed by atoms with Crippen molar-refractivity contribution in [1.82, 2.24) is 41.7 Å². The average molecular weight is 1350 g/mol. The molecule has 7 rings (SSSR count). The van der Waals surface area contributed by atoms with Crippen LogP contribution in [-0.2, 0) is 84.2 Å². The molecule has 0 aromatic heterocycles. The smallest absolute Gasteiger partial charge is 0.416 e. The monoisotopic (exact) mass is 1350 g/mol. The summed E-state index contributed by atoms with van der Waals surface area (Å²) in [5.41, 5.74) is 10.9. The molecule has 2 atom stereocenters. The van der Waals surface area contributed by atoms with Crippen LogP contribution in [0, 0.1) is 5.41 Å². The Morgan fingerprint density at radius 2 is 0.879 bits per heavy atom. The second-order valence-electron chi connectivity index (χ2n) is 23.0. The predicted molar refractivity (Wildman–Crippen MR) is 371 cm³/mol. The standard InChI is InChI=1S/C75H88N10O14/c76-67(86)49-65(81-68(87)47-62-38-39-63(94-50-56-25-8-1-9-26-56)48-66(62)95-51-57-27-10-2-11-28-57)70(89)79-42-21-7-20-40-78-41-23-44-84(74(92)98-54-60-33-16-5-17-34-60)45-24-43-80-69(88)64(82-72(90)96-52-58-29-12-3-13-30-58)37-22-46-85(75(93)99-55-61-35-18-6-19-36-61)71(77)83-73(91)97-53-59-31-14-4-15-32-59/h1-6,8-19,25-36,38-39,48,64-65,78H,7,20-24,37,40-47,49-55H2,(H2,76,86)(H,79,89)(H,80,88)(H,81,87)(H,82,90)(H2,77,83,91)/t64-,65-/m0/s1. The largest absolute Gasteiger partial charge is 0.489 e. The Labute approximate surface area is 577 Å². The normalized spacial score (nSPS) is 11.3. The number of rotatable bonds is 40. The van der Waals surface area contributed by atoms with E-state index in [1.165, 1.54) is 0 Å². The molecular formula is C75H88N10O14. The van der Waals surface area contributed by atoms with Crippen molar-refractivity contribution in [2.45, 2.75) is 110 Å². The van der Waals surface area contributed by atoms with Crippen molar-refractivity contribution in [3.8, 4) is 11.5 Å². The zero-order valence-electron chi connectivity index (χ0n) is 55.5. The van der Waals surface area contributed by atoms with E-state index in [1.807, 2.05) is 109 Å². The van der Waals surface area contributed by atoms with E-state index in [1.54, 1.807) is 95.9 Å². The fraction of sp³-hybridized carbons (Fsp3) is 0.320. The Hall–Kier alpha value is -11.3. The summed E-state index contributed by atoms with van der Waals surface area (Å²) >= 11 is 0. The first-order valence-corrected chi connectivity index (χ1v) is 33.0. The van der Waals surface area contributed by atoms with Crippen molar-refractivity contribution < 1.29 is 66.8 Å². The van der Waals surface area contributed by atoms with Crippen LogP contribution in [0.25, 0.3) is 0 Å². The maximum atomic E-state index is 14.0. The molecular weight excluding hydrogens is 1260 g/mol. The van der Waals surface area contributed by atoms with E-state index in [2.05, 4.69) is 31.9 Å². The molecule has 522 valence electrons. The minimum absolute atomic E-state index is 0.0243. The van der Waals surface area contributed by atoms with Gasteiger partial charge in [-0.15, -0.1) is 0 Å². The lowest BCUT2D eigenvalue weighted by molar-refractivity contribution is -0.131. The molecule has 0 bridgehead atoms. The van der Waals surface area contributed by atoms with Gasteiger partial charge >= 0.3 is 24.4 Å². The van der Waals surface area contributed by atoms with E-state index >= 15 is 0 Å². The number of alkyl carbamates (subject to hydrolysis) is 2. The molecule has 24 nitrogen and oxygen atoms in total. The van der Waals surface area contributed by atoms with Gasteiger partial charge in [0.05, 0.1) is 12.8 Å². The minimum atomic E-state index is -1.20. The molecule has 0 spiro atoms. The number of guanidine groups is 1. The Morgan fingerprint density at radius 1 is 0.434 bits per heavy atom. The lowest BCUT2D eigenvalue weighted by atomic mass is 10.1. The number of ether oxygens (including phenoxy) is 6. The van der Waals surface area contributed by atoms with Gasteiger partial charge in [0.15, 0.2) is 0 Å². The molecule has 0 saturated heterocycles. The van der Waals surface area contributed by atoms with Crippen LogP contribution < -0.4 is 47.1 Å². The van der Waals surface area contributed by atoms with Gasteiger partial charge in [0.2, 0.25) is 29.6 Å². The highest BCUT2D eigenvalue weighted by atomic mass is 16.6. The van der Waals surface area contributed by atoms with Crippen LogP contribution in [0.1, 0.15) is 90.3 Å². The first-order valence-electron chi connectivity index (χ1n) is 33.0. The average Bonchev–Trinajstić information content (AvgIpc) is 0.885. The Kier molecular flexibility index (Phi) is 32.6. The number of carbonyl (C=O) groups excluding carboxylic acids is 8. The van der Waals surface area contributed by atoms with Crippen LogP contribution in [-0.4, -0.2) is 122 Å². The quantitative estimate of drug-likeness (QED) is 0.00767. The first-order chi connectivity index (χ1) is 48.2. The van der Waals surface area contributed by atoms with Crippen LogP contribution >= 0.6 is 0 Å². The summed E-state index contributed by atoms with van der Waals surface area (Å²) in [6.45, 7) is 2.18. The number of nitrogens with two attached hydrogens (primary N) is 1. The third kappa shape index (κ3) is 29.3. The number of nitrogens with one attached hydrogen (secondary N) is 7. The van der Waals surface area contributed by atoms with Gasteiger partial charge in [-0.05, 0) is 91.1 Å². The van der Waals surface area contributed by atoms with Crippen LogP contribution in [0.15, 0.2) is 200 Å². The Balaban J connectivity index is 0.863. The third-order valence-corrected chi connectivity index (χ3v) is 15.2. The van der Waals surface area contributed by atoms with Crippen molar-refractivity contribution >= 4 is 54.0 Å². The Morgan fingerprint density at radius 3 is 1.41 bits per heavy atom. The van der Waals surface area contributed by atoms with Crippen molar-refractivity contribution in [2.75, 3.05) is 45.8 Å². The number of nitrogens with zero attached hydrogens (tertiary/aromatic N) is 2. The van der Waals surface area contributed by atoms with Gasteiger partial charge in [0, 0.05) is 44.4 Å². The maximum absolute atomic E-state index is 14.0. The van der Waals surface area contributed by atoms with Crippen LogP contribution in [0.2, 0.25) is 0 Å². The highest BCUT2D eigenvalue weighted by molar-refractivity contribution is 5.99. The molecule has 0 radical (unpaired) electrons. The van der Waals surface area contributed by atoms with Crippen LogP contribution in [0.5, 0.6) is 11.5 Å². The summed E-state index contributed by atoms with van der Waals surface area (Å²) in [6.07, 6.45) is -0.972. The topological polar surface area (TPSA) is 320 Å². The van der Waals surface area contributed by atoms with E-state index < -0.39 is 72.5 Å². The number of hydrogen-bond acceptors (Lipinski definition) is 16. The second kappa shape index (κ2) is 43.0. The number of unbranched alkanes of at least 4 members (excludes halogenated alkanes) is 2. The zero-order valence-corrected chi connectivity index (χ0v) is 55.5. The molecule has 24 heteroatoms. The molecule has 99 heavy (non-hydrogen) atoms. The van der Waals surface area contributed by atoms with E-state index in [4.69, 9.17) is 39.6 Å². The van der Waals surface area contributed by atoms with Gasteiger partial charge in [-0.2, -0.15) is 0 Å². The summed E-state index contributed by atoms with van der Waals surface area (Å²) in [7, 11) is 0. The maximum Gasteiger partial charge on any atom is 0.416 e. The molecule has 7 aromatic rings. The van der Waals surface area contributed by atoms with Crippen molar-refractivity contribution in [3.05, 3.63) is 239 Å². The molecule has 0 aliphatic heterocycles. The summed E-state index contributed by atoms with van der Waals surface area (Å²) < 4.78 is 34.3. The number of benzene rings is 7. The van der Waals surface area contributed by atoms with Gasteiger partial charge in [0.1, 0.15) is 63.2 Å². The van der Waals surface area contributed by atoms with E-state index in [9.17, 15) is 38.4 Å². The van der Waals surface area contributed by atoms with Gasteiger partial charge in [-0.3, -0.25) is 29.9 Å². The number of hydrogen-bond donors (Lipinski definition) is 8. The summed E-state index contributed by atoms with van der Waals surface area (Å²) in [5, 5.41) is 25.4.